The van der Waals surface area contributed by atoms with Gasteiger partial charge < -0.3 is 5.11 Å². The molecule has 1 aliphatic carbocycles. The molecule has 3 rings (SSSR count). The molecule has 6 nitrogen and oxygen atoms in total. The van der Waals surface area contributed by atoms with Crippen LogP contribution < -0.4 is 4.72 Å². The first-order valence-corrected chi connectivity index (χ1v) is 9.47. The van der Waals surface area contributed by atoms with Crippen molar-refractivity contribution in [3.63, 3.8) is 0 Å². The van der Waals surface area contributed by atoms with Gasteiger partial charge in [-0.25, -0.2) is 13.1 Å². The van der Waals surface area contributed by atoms with Crippen LogP contribution in [-0.2, 0) is 17.1 Å². The average molecular weight is 362 g/mol. The normalized spacial score (nSPS) is 23.2. The van der Waals surface area contributed by atoms with Gasteiger partial charge in [0, 0.05) is 18.8 Å². The van der Waals surface area contributed by atoms with Crippen LogP contribution >= 0.6 is 22.9 Å². The lowest BCUT2D eigenvalue weighted by atomic mass is 9.76. The zero-order chi connectivity index (χ0) is 15.9. The highest BCUT2D eigenvalue weighted by Gasteiger charge is 2.38. The third-order valence-electron chi connectivity index (χ3n) is 3.80. The molecule has 0 amide bonds. The van der Waals surface area contributed by atoms with E-state index in [-0.39, 0.29) is 16.2 Å². The van der Waals surface area contributed by atoms with Gasteiger partial charge in [0.05, 0.1) is 22.7 Å². The third kappa shape index (κ3) is 3.21. The average Bonchev–Trinajstić information content (AvgIpc) is 3.02. The van der Waals surface area contributed by atoms with Crippen molar-refractivity contribution in [1.29, 1.82) is 0 Å². The lowest BCUT2D eigenvalue weighted by Crippen LogP contribution is -2.41. The minimum Gasteiger partial charge on any atom is -0.393 e. The van der Waals surface area contributed by atoms with Crippen molar-refractivity contribution >= 4 is 33.0 Å². The van der Waals surface area contributed by atoms with E-state index in [0.717, 1.165) is 16.9 Å². The van der Waals surface area contributed by atoms with Crippen LogP contribution in [-0.4, -0.2) is 29.4 Å². The van der Waals surface area contributed by atoms with Gasteiger partial charge in [0.2, 0.25) is 0 Å². The minimum absolute atomic E-state index is 0.0596. The molecule has 2 aromatic rings. The second-order valence-electron chi connectivity index (χ2n) is 5.49. The highest BCUT2D eigenvalue weighted by molar-refractivity contribution is 7.91. The highest BCUT2D eigenvalue weighted by atomic mass is 35.5. The van der Waals surface area contributed by atoms with Crippen LogP contribution in [0.1, 0.15) is 24.4 Å². The number of aliphatic hydroxyl groups is 1. The van der Waals surface area contributed by atoms with E-state index in [1.54, 1.807) is 30.2 Å². The smallest absolute Gasteiger partial charge is 0.250 e. The molecule has 1 fully saturated rings. The predicted octanol–water partition coefficient (Wildman–Crippen LogP) is 1.93. The molecule has 0 radical (unpaired) electrons. The van der Waals surface area contributed by atoms with E-state index in [9.17, 15) is 13.5 Å². The summed E-state index contributed by atoms with van der Waals surface area (Å²) in [4.78, 5) is 0. The van der Waals surface area contributed by atoms with Gasteiger partial charge in [0.15, 0.2) is 0 Å². The molecule has 2 N–H and O–H groups in total. The van der Waals surface area contributed by atoms with Gasteiger partial charge in [-0.2, -0.15) is 5.10 Å². The van der Waals surface area contributed by atoms with Gasteiger partial charge in [0.25, 0.3) is 10.0 Å². The summed E-state index contributed by atoms with van der Waals surface area (Å²) in [7, 11) is -1.87. The van der Waals surface area contributed by atoms with E-state index in [1.807, 2.05) is 0 Å². The van der Waals surface area contributed by atoms with Crippen LogP contribution in [0, 0.1) is 5.92 Å². The molecule has 0 spiro atoms. The molecule has 0 saturated heterocycles. The molecule has 1 unspecified atom stereocenters. The number of hydrogen-bond donors (Lipinski definition) is 2. The molecule has 9 heteroatoms. The fourth-order valence-electron chi connectivity index (χ4n) is 2.61. The summed E-state index contributed by atoms with van der Waals surface area (Å²) in [5.74, 6) is 0.0596. The van der Waals surface area contributed by atoms with Gasteiger partial charge in [-0.1, -0.05) is 11.6 Å². The second kappa shape index (κ2) is 5.93. The molecule has 0 bridgehead atoms. The van der Waals surface area contributed by atoms with Gasteiger partial charge in [0.1, 0.15) is 4.21 Å². The van der Waals surface area contributed by atoms with Gasteiger partial charge in [-0.05, 0) is 30.9 Å². The number of halogens is 1. The standard InChI is InChI=1S/C13H16ClN3O3S2/c1-17-7-9(6-15-17)13(8-4-10(18)5-8)16-22(19,20)12-3-2-11(14)21-12/h2-3,6-8,10,13,16,18H,4-5H2,1H3. The van der Waals surface area contributed by atoms with Crippen molar-refractivity contribution in [2.75, 3.05) is 0 Å². The van der Waals surface area contributed by atoms with Crippen LogP contribution in [0.25, 0.3) is 0 Å². The summed E-state index contributed by atoms with van der Waals surface area (Å²) in [5, 5.41) is 13.6. The van der Waals surface area contributed by atoms with E-state index >= 15 is 0 Å². The molecule has 1 aliphatic rings. The monoisotopic (exact) mass is 361 g/mol. The van der Waals surface area contributed by atoms with Crippen molar-refractivity contribution in [3.8, 4) is 0 Å². The maximum absolute atomic E-state index is 12.5. The largest absolute Gasteiger partial charge is 0.393 e. The Morgan fingerprint density at radius 1 is 1.50 bits per heavy atom. The number of hydrogen-bond acceptors (Lipinski definition) is 5. The Balaban J connectivity index is 1.87. The van der Waals surface area contributed by atoms with Crippen molar-refractivity contribution in [2.45, 2.75) is 29.2 Å². The molecule has 2 heterocycles. The number of aliphatic hydroxyl groups excluding tert-OH is 1. The predicted molar refractivity (Wildman–Crippen MR) is 84.3 cm³/mol. The zero-order valence-corrected chi connectivity index (χ0v) is 14.2. The van der Waals surface area contributed by atoms with E-state index in [4.69, 9.17) is 11.6 Å². The Morgan fingerprint density at radius 2 is 2.23 bits per heavy atom. The lowest BCUT2D eigenvalue weighted by Gasteiger charge is -2.37. The Bertz CT molecular complexity index is 765. The second-order valence-corrected chi connectivity index (χ2v) is 9.15. The topological polar surface area (TPSA) is 84.2 Å². The van der Waals surface area contributed by atoms with Crippen LogP contribution in [0.2, 0.25) is 4.34 Å². The Labute approximate surface area is 137 Å². The summed E-state index contributed by atoms with van der Waals surface area (Å²) < 4.78 is 30.0. The number of sulfonamides is 1. The van der Waals surface area contributed by atoms with Gasteiger partial charge >= 0.3 is 0 Å². The SMILES string of the molecule is Cn1cc(C(NS(=O)(=O)c2ccc(Cl)s2)C2CC(O)C2)cn1. The Kier molecular flexibility index (Phi) is 4.30. The summed E-state index contributed by atoms with van der Waals surface area (Å²) in [5.41, 5.74) is 0.797. The number of aryl methyl sites for hydroxylation is 1. The van der Waals surface area contributed by atoms with Crippen molar-refractivity contribution < 1.29 is 13.5 Å². The maximum Gasteiger partial charge on any atom is 0.250 e. The summed E-state index contributed by atoms with van der Waals surface area (Å²) in [6.07, 6.45) is 4.24. The molecule has 0 aliphatic heterocycles. The highest BCUT2D eigenvalue weighted by Crippen LogP contribution is 2.39. The fraction of sp³-hybridized carbons (Fsp3) is 0.462. The molecular formula is C13H16ClN3O3S2. The van der Waals surface area contributed by atoms with E-state index in [0.29, 0.717) is 17.2 Å². The minimum atomic E-state index is -3.65. The number of rotatable bonds is 5. The van der Waals surface area contributed by atoms with E-state index < -0.39 is 16.1 Å². The first-order chi connectivity index (χ1) is 10.3. The van der Waals surface area contributed by atoms with Crippen LogP contribution in [0.5, 0.6) is 0 Å². The number of aromatic nitrogens is 2. The summed E-state index contributed by atoms with van der Waals surface area (Å²) in [6.45, 7) is 0. The van der Waals surface area contributed by atoms with Crippen molar-refractivity contribution in [2.24, 2.45) is 13.0 Å². The van der Waals surface area contributed by atoms with Crippen LogP contribution in [0.15, 0.2) is 28.7 Å². The zero-order valence-electron chi connectivity index (χ0n) is 11.8. The summed E-state index contributed by atoms with van der Waals surface area (Å²) in [6, 6.07) is 2.65. The quantitative estimate of drug-likeness (QED) is 0.852. The molecule has 2 aromatic heterocycles. The number of nitrogens with zero attached hydrogens (tertiary/aromatic N) is 2. The van der Waals surface area contributed by atoms with E-state index in [2.05, 4.69) is 9.82 Å². The van der Waals surface area contributed by atoms with Crippen molar-refractivity contribution in [1.82, 2.24) is 14.5 Å². The van der Waals surface area contributed by atoms with Gasteiger partial charge in [-0.15, -0.1) is 11.3 Å². The van der Waals surface area contributed by atoms with Crippen molar-refractivity contribution in [3.05, 3.63) is 34.4 Å². The molecule has 22 heavy (non-hydrogen) atoms. The lowest BCUT2D eigenvalue weighted by molar-refractivity contribution is 0.0280. The summed E-state index contributed by atoms with van der Waals surface area (Å²) >= 11 is 6.84. The molecule has 1 atom stereocenters. The Morgan fingerprint density at radius 3 is 2.73 bits per heavy atom. The number of nitrogens with one attached hydrogen (secondary N) is 1. The fourth-order valence-corrected chi connectivity index (χ4v) is 5.40. The van der Waals surface area contributed by atoms with Gasteiger partial charge in [-0.3, -0.25) is 4.68 Å². The number of thiophene rings is 1. The first kappa shape index (κ1) is 15.9. The van der Waals surface area contributed by atoms with E-state index in [1.165, 1.54) is 6.07 Å². The Hall–Kier alpha value is -0.930. The first-order valence-electron chi connectivity index (χ1n) is 6.79. The van der Waals surface area contributed by atoms with Crippen LogP contribution in [0.4, 0.5) is 0 Å². The van der Waals surface area contributed by atoms with Crippen LogP contribution in [0.3, 0.4) is 0 Å². The third-order valence-corrected chi connectivity index (χ3v) is 6.96. The molecular weight excluding hydrogens is 346 g/mol. The molecule has 0 aromatic carbocycles. The molecule has 1 saturated carbocycles. The molecule has 120 valence electrons. The maximum atomic E-state index is 12.5.